The summed E-state index contributed by atoms with van der Waals surface area (Å²) in [7, 11) is 0. The monoisotopic (exact) mass is 377 g/mol. The van der Waals surface area contributed by atoms with Gasteiger partial charge in [0.2, 0.25) is 5.91 Å². The molecule has 2 fully saturated rings. The van der Waals surface area contributed by atoms with Crippen LogP contribution >= 0.6 is 35.6 Å². The Balaban J connectivity index is 0.00000192. The van der Waals surface area contributed by atoms with Gasteiger partial charge < -0.3 is 15.5 Å². The van der Waals surface area contributed by atoms with Gasteiger partial charge in [-0.05, 0) is 31.0 Å². The van der Waals surface area contributed by atoms with E-state index >= 15 is 0 Å². The van der Waals surface area contributed by atoms with Crippen LogP contribution in [-0.4, -0.2) is 53.3 Å². The lowest BCUT2D eigenvalue weighted by atomic mass is 10.1. The number of hydrogen-bond acceptors (Lipinski definition) is 3. The fraction of sp³-hybridized carbons (Fsp3) is 0.467. The van der Waals surface area contributed by atoms with Crippen molar-refractivity contribution in [1.29, 1.82) is 0 Å². The quantitative estimate of drug-likeness (QED) is 0.858. The fourth-order valence-corrected chi connectivity index (χ4v) is 3.10. The predicted molar refractivity (Wildman–Crippen MR) is 92.3 cm³/mol. The zero-order chi connectivity index (χ0) is 15.9. The second-order valence-electron chi connectivity index (χ2n) is 5.86. The molecule has 2 amide bonds. The Labute approximate surface area is 151 Å². The maximum Gasteiger partial charge on any atom is 0.255 e. The molecule has 0 atom stereocenters. The molecule has 1 heterocycles. The fourth-order valence-electron chi connectivity index (χ4n) is 2.61. The molecule has 126 valence electrons. The number of nitrogens with zero attached hydrogens (tertiary/aromatic N) is 2. The van der Waals surface area contributed by atoms with Crippen molar-refractivity contribution in [3.8, 4) is 0 Å². The highest BCUT2D eigenvalue weighted by molar-refractivity contribution is 6.36. The number of hydrogen-bond donors (Lipinski definition) is 1. The molecular formula is C15H18Cl3N3O2. The van der Waals surface area contributed by atoms with Gasteiger partial charge in [0.1, 0.15) is 0 Å². The van der Waals surface area contributed by atoms with E-state index in [1.807, 2.05) is 0 Å². The zero-order valence-electron chi connectivity index (χ0n) is 12.4. The summed E-state index contributed by atoms with van der Waals surface area (Å²) in [5.74, 6) is -0.133. The third kappa shape index (κ3) is 3.74. The van der Waals surface area contributed by atoms with Crippen molar-refractivity contribution in [2.24, 2.45) is 5.73 Å². The van der Waals surface area contributed by atoms with Crippen molar-refractivity contribution in [2.45, 2.75) is 18.4 Å². The number of rotatable bonds is 2. The first-order chi connectivity index (χ1) is 10.4. The van der Waals surface area contributed by atoms with Gasteiger partial charge in [-0.2, -0.15) is 0 Å². The number of piperazine rings is 1. The van der Waals surface area contributed by atoms with Gasteiger partial charge in [-0.1, -0.05) is 23.2 Å². The number of benzene rings is 1. The average molecular weight is 379 g/mol. The smallest absolute Gasteiger partial charge is 0.255 e. The molecule has 2 N–H and O–H groups in total. The Bertz CT molecular complexity index is 626. The van der Waals surface area contributed by atoms with E-state index in [1.54, 1.807) is 28.0 Å². The van der Waals surface area contributed by atoms with Gasteiger partial charge in [-0.3, -0.25) is 9.59 Å². The maximum absolute atomic E-state index is 12.5. The zero-order valence-corrected chi connectivity index (χ0v) is 14.8. The minimum Gasteiger partial charge on any atom is -0.338 e. The standard InChI is InChI=1S/C15H17Cl2N3O2.ClH/c16-10-1-2-11(12(17)9-10)13(21)19-5-7-20(8-6-19)14(22)15(18)3-4-15;/h1-2,9H,3-8,18H2;1H. The van der Waals surface area contributed by atoms with Crippen LogP contribution in [0, 0.1) is 0 Å². The van der Waals surface area contributed by atoms with Crippen LogP contribution in [0.5, 0.6) is 0 Å². The Morgan fingerprint density at radius 3 is 2.13 bits per heavy atom. The van der Waals surface area contributed by atoms with Crippen LogP contribution in [0.3, 0.4) is 0 Å². The number of amides is 2. The molecule has 3 rings (SSSR count). The van der Waals surface area contributed by atoms with E-state index in [0.717, 1.165) is 12.8 Å². The lowest BCUT2D eigenvalue weighted by Gasteiger charge is -2.36. The van der Waals surface area contributed by atoms with Gasteiger partial charge in [-0.25, -0.2) is 0 Å². The Morgan fingerprint density at radius 1 is 1.04 bits per heavy atom. The maximum atomic E-state index is 12.5. The molecule has 0 spiro atoms. The first-order valence-corrected chi connectivity index (χ1v) is 7.99. The number of halogens is 3. The van der Waals surface area contributed by atoms with Crippen LogP contribution in [0.4, 0.5) is 0 Å². The van der Waals surface area contributed by atoms with Gasteiger partial charge in [0.25, 0.3) is 5.91 Å². The van der Waals surface area contributed by atoms with Gasteiger partial charge in [0, 0.05) is 31.2 Å². The van der Waals surface area contributed by atoms with Crippen LogP contribution in [0.25, 0.3) is 0 Å². The summed E-state index contributed by atoms with van der Waals surface area (Å²) in [6.45, 7) is 1.99. The SMILES string of the molecule is Cl.NC1(C(=O)N2CCN(C(=O)c3ccc(Cl)cc3Cl)CC2)CC1. The molecule has 8 heteroatoms. The molecule has 5 nitrogen and oxygen atoms in total. The van der Waals surface area contributed by atoms with Crippen LogP contribution in [-0.2, 0) is 4.79 Å². The second kappa shape index (κ2) is 6.85. The molecule has 1 aliphatic carbocycles. The van der Waals surface area contributed by atoms with Crippen LogP contribution in [0.1, 0.15) is 23.2 Å². The van der Waals surface area contributed by atoms with Crippen LogP contribution in [0.15, 0.2) is 18.2 Å². The molecule has 0 radical (unpaired) electrons. The minimum absolute atomic E-state index is 0. The number of carbonyl (C=O) groups is 2. The molecular weight excluding hydrogens is 361 g/mol. The summed E-state index contributed by atoms with van der Waals surface area (Å²) in [6, 6.07) is 4.83. The highest BCUT2D eigenvalue weighted by Crippen LogP contribution is 2.34. The molecule has 2 aliphatic rings. The van der Waals surface area contributed by atoms with Crippen LogP contribution < -0.4 is 5.73 Å². The van der Waals surface area contributed by atoms with Gasteiger partial charge in [0.15, 0.2) is 0 Å². The van der Waals surface area contributed by atoms with Crippen LogP contribution in [0.2, 0.25) is 10.0 Å². The van der Waals surface area contributed by atoms with E-state index in [1.165, 1.54) is 0 Å². The molecule has 0 aromatic heterocycles. The second-order valence-corrected chi connectivity index (χ2v) is 6.71. The molecule has 0 bridgehead atoms. The highest BCUT2D eigenvalue weighted by atomic mass is 35.5. The summed E-state index contributed by atoms with van der Waals surface area (Å²) in [5.41, 5.74) is 5.73. The molecule has 1 aromatic carbocycles. The molecule has 1 aliphatic heterocycles. The van der Waals surface area contributed by atoms with E-state index in [2.05, 4.69) is 0 Å². The van der Waals surface area contributed by atoms with E-state index in [4.69, 9.17) is 28.9 Å². The first kappa shape index (κ1) is 18.3. The summed E-state index contributed by atoms with van der Waals surface area (Å²) >= 11 is 11.9. The normalized spacial score (nSPS) is 19.1. The van der Waals surface area contributed by atoms with Crippen molar-refractivity contribution in [3.63, 3.8) is 0 Å². The third-order valence-electron chi connectivity index (χ3n) is 4.23. The molecule has 23 heavy (non-hydrogen) atoms. The van der Waals surface area contributed by atoms with Crippen molar-refractivity contribution in [3.05, 3.63) is 33.8 Å². The minimum atomic E-state index is -0.647. The summed E-state index contributed by atoms with van der Waals surface area (Å²) in [6.07, 6.45) is 1.51. The van der Waals surface area contributed by atoms with E-state index in [-0.39, 0.29) is 24.2 Å². The van der Waals surface area contributed by atoms with E-state index in [9.17, 15) is 9.59 Å². The summed E-state index contributed by atoms with van der Waals surface area (Å²) in [4.78, 5) is 28.1. The molecule has 0 unspecified atom stereocenters. The topological polar surface area (TPSA) is 66.6 Å². The lowest BCUT2D eigenvalue weighted by Crippen LogP contribution is -2.55. The van der Waals surface area contributed by atoms with Gasteiger partial charge in [0.05, 0.1) is 16.1 Å². The molecule has 1 saturated heterocycles. The molecule has 1 saturated carbocycles. The van der Waals surface area contributed by atoms with Gasteiger partial charge >= 0.3 is 0 Å². The summed E-state index contributed by atoms with van der Waals surface area (Å²) in [5, 5.41) is 0.838. The number of carbonyl (C=O) groups excluding carboxylic acids is 2. The van der Waals surface area contributed by atoms with E-state index in [0.29, 0.717) is 41.8 Å². The lowest BCUT2D eigenvalue weighted by molar-refractivity contribution is -0.135. The van der Waals surface area contributed by atoms with Crippen molar-refractivity contribution < 1.29 is 9.59 Å². The largest absolute Gasteiger partial charge is 0.338 e. The Hall–Kier alpha value is -1.01. The Kier molecular flexibility index (Phi) is 5.46. The van der Waals surface area contributed by atoms with Crippen molar-refractivity contribution in [2.75, 3.05) is 26.2 Å². The number of nitrogens with two attached hydrogens (primary N) is 1. The van der Waals surface area contributed by atoms with Crippen molar-refractivity contribution >= 4 is 47.4 Å². The molecule has 1 aromatic rings. The summed E-state index contributed by atoms with van der Waals surface area (Å²) < 4.78 is 0. The van der Waals surface area contributed by atoms with Gasteiger partial charge in [-0.15, -0.1) is 12.4 Å². The highest BCUT2D eigenvalue weighted by Gasteiger charge is 2.48. The Morgan fingerprint density at radius 2 is 1.61 bits per heavy atom. The predicted octanol–water partition coefficient (Wildman–Crippen LogP) is 2.19. The van der Waals surface area contributed by atoms with E-state index < -0.39 is 5.54 Å². The van der Waals surface area contributed by atoms with Crippen molar-refractivity contribution in [1.82, 2.24) is 9.80 Å². The average Bonchev–Trinajstić information content (AvgIpc) is 3.25. The first-order valence-electron chi connectivity index (χ1n) is 7.23. The third-order valence-corrected chi connectivity index (χ3v) is 4.78.